The summed E-state index contributed by atoms with van der Waals surface area (Å²) in [6, 6.07) is 18.3. The zero-order valence-corrected chi connectivity index (χ0v) is 21.1. The SMILES string of the molecule is C=CCc1cc(/C=C2\SC(=O)N(c3ccccc3)C2=O)cc(OCC)c1OCc1ccc2c(c1)OCO2. The summed E-state index contributed by atoms with van der Waals surface area (Å²) < 4.78 is 23.0. The van der Waals surface area contributed by atoms with E-state index in [0.717, 1.165) is 28.5 Å². The van der Waals surface area contributed by atoms with Crippen molar-refractivity contribution >= 4 is 34.7 Å². The van der Waals surface area contributed by atoms with Crippen LogP contribution in [0.4, 0.5) is 10.5 Å². The van der Waals surface area contributed by atoms with Gasteiger partial charge in [0.25, 0.3) is 11.1 Å². The number of hydrogen-bond acceptors (Lipinski definition) is 7. The van der Waals surface area contributed by atoms with E-state index in [-0.39, 0.29) is 17.9 Å². The van der Waals surface area contributed by atoms with Gasteiger partial charge in [-0.1, -0.05) is 30.3 Å². The van der Waals surface area contributed by atoms with Gasteiger partial charge in [0, 0.05) is 5.56 Å². The summed E-state index contributed by atoms with van der Waals surface area (Å²) in [5.41, 5.74) is 3.06. The van der Waals surface area contributed by atoms with E-state index < -0.39 is 0 Å². The Labute approximate surface area is 219 Å². The Morgan fingerprint density at radius 2 is 1.84 bits per heavy atom. The molecule has 1 saturated heterocycles. The van der Waals surface area contributed by atoms with E-state index in [1.54, 1.807) is 36.4 Å². The van der Waals surface area contributed by atoms with Crippen LogP contribution >= 0.6 is 11.8 Å². The van der Waals surface area contributed by atoms with Gasteiger partial charge in [-0.3, -0.25) is 9.59 Å². The Kier molecular flexibility index (Phi) is 7.18. The molecule has 5 rings (SSSR count). The molecule has 0 aromatic heterocycles. The predicted molar refractivity (Wildman–Crippen MR) is 143 cm³/mol. The number of benzene rings is 3. The predicted octanol–water partition coefficient (Wildman–Crippen LogP) is 6.36. The average molecular weight is 516 g/mol. The molecule has 0 bridgehead atoms. The molecule has 2 aliphatic rings. The van der Waals surface area contributed by atoms with Crippen LogP contribution in [0.3, 0.4) is 0 Å². The molecular weight excluding hydrogens is 490 g/mol. The highest BCUT2D eigenvalue weighted by Gasteiger charge is 2.36. The Morgan fingerprint density at radius 3 is 2.62 bits per heavy atom. The lowest BCUT2D eigenvalue weighted by atomic mass is 10.0. The molecule has 3 aromatic rings. The zero-order valence-electron chi connectivity index (χ0n) is 20.3. The number of anilines is 1. The Morgan fingerprint density at radius 1 is 1.03 bits per heavy atom. The lowest BCUT2D eigenvalue weighted by Gasteiger charge is -2.17. The van der Waals surface area contributed by atoms with E-state index in [1.165, 1.54) is 4.90 Å². The van der Waals surface area contributed by atoms with Gasteiger partial charge in [-0.05, 0) is 78.7 Å². The number of rotatable bonds is 9. The van der Waals surface area contributed by atoms with Crippen molar-refractivity contribution in [2.75, 3.05) is 18.3 Å². The van der Waals surface area contributed by atoms with Crippen molar-refractivity contribution in [3.8, 4) is 23.0 Å². The molecule has 0 radical (unpaired) electrons. The third kappa shape index (κ3) is 5.20. The second kappa shape index (κ2) is 10.8. The van der Waals surface area contributed by atoms with Gasteiger partial charge >= 0.3 is 0 Å². The van der Waals surface area contributed by atoms with Crippen molar-refractivity contribution in [3.05, 3.63) is 94.9 Å². The van der Waals surface area contributed by atoms with Gasteiger partial charge in [-0.15, -0.1) is 6.58 Å². The molecule has 0 N–H and O–H groups in total. The fourth-order valence-corrected chi connectivity index (χ4v) is 4.95. The fraction of sp³-hybridized carbons (Fsp3) is 0.172. The average Bonchev–Trinajstić information content (AvgIpc) is 3.47. The number of amides is 2. The molecule has 2 aliphatic heterocycles. The summed E-state index contributed by atoms with van der Waals surface area (Å²) in [7, 11) is 0. The molecular formula is C29H25NO6S. The second-order valence-electron chi connectivity index (χ2n) is 8.26. The molecule has 3 aromatic carbocycles. The molecule has 37 heavy (non-hydrogen) atoms. The maximum absolute atomic E-state index is 13.1. The molecule has 1 fully saturated rings. The summed E-state index contributed by atoms with van der Waals surface area (Å²) >= 11 is 0.916. The van der Waals surface area contributed by atoms with Crippen LogP contribution in [0, 0.1) is 0 Å². The molecule has 2 heterocycles. The minimum absolute atomic E-state index is 0.212. The lowest BCUT2D eigenvalue weighted by Crippen LogP contribution is -2.27. The van der Waals surface area contributed by atoms with Gasteiger partial charge in [0.05, 0.1) is 17.2 Å². The summed E-state index contributed by atoms with van der Waals surface area (Å²) in [6.07, 6.45) is 4.03. The van der Waals surface area contributed by atoms with Crippen molar-refractivity contribution in [3.63, 3.8) is 0 Å². The van der Waals surface area contributed by atoms with Gasteiger partial charge in [0.1, 0.15) is 6.61 Å². The fourth-order valence-electron chi connectivity index (χ4n) is 4.11. The molecule has 0 unspecified atom stereocenters. The van der Waals surface area contributed by atoms with Crippen LogP contribution in [0.1, 0.15) is 23.6 Å². The second-order valence-corrected chi connectivity index (χ2v) is 9.26. The van der Waals surface area contributed by atoms with Crippen molar-refractivity contribution in [1.82, 2.24) is 0 Å². The molecule has 188 valence electrons. The summed E-state index contributed by atoms with van der Waals surface area (Å²) in [5.74, 6) is 2.21. The van der Waals surface area contributed by atoms with E-state index in [2.05, 4.69) is 6.58 Å². The molecule has 0 spiro atoms. The van der Waals surface area contributed by atoms with Gasteiger partial charge < -0.3 is 18.9 Å². The van der Waals surface area contributed by atoms with Gasteiger partial charge in [-0.2, -0.15) is 0 Å². The van der Waals surface area contributed by atoms with E-state index >= 15 is 0 Å². The van der Waals surface area contributed by atoms with Crippen LogP contribution in [-0.2, 0) is 17.8 Å². The van der Waals surface area contributed by atoms with Crippen molar-refractivity contribution in [1.29, 1.82) is 0 Å². The smallest absolute Gasteiger partial charge is 0.298 e. The number of imide groups is 1. The van der Waals surface area contributed by atoms with Crippen LogP contribution < -0.4 is 23.8 Å². The monoisotopic (exact) mass is 515 g/mol. The Balaban J connectivity index is 1.44. The largest absolute Gasteiger partial charge is 0.490 e. The Hall–Kier alpha value is -4.17. The lowest BCUT2D eigenvalue weighted by molar-refractivity contribution is -0.113. The number of hydrogen-bond donors (Lipinski definition) is 0. The first-order chi connectivity index (χ1) is 18.1. The first-order valence-electron chi connectivity index (χ1n) is 11.8. The topological polar surface area (TPSA) is 74.3 Å². The number of para-hydroxylation sites is 1. The molecule has 0 saturated carbocycles. The van der Waals surface area contributed by atoms with E-state index in [4.69, 9.17) is 18.9 Å². The summed E-state index contributed by atoms with van der Waals surface area (Å²) in [6.45, 7) is 6.72. The summed E-state index contributed by atoms with van der Waals surface area (Å²) in [5, 5.41) is -0.331. The summed E-state index contributed by atoms with van der Waals surface area (Å²) in [4.78, 5) is 27.2. The first kappa shape index (κ1) is 24.5. The molecule has 8 heteroatoms. The van der Waals surface area contributed by atoms with Crippen molar-refractivity contribution in [2.24, 2.45) is 0 Å². The number of thioether (sulfide) groups is 1. The van der Waals surface area contributed by atoms with Gasteiger partial charge in [0.2, 0.25) is 6.79 Å². The molecule has 0 atom stereocenters. The minimum Gasteiger partial charge on any atom is -0.490 e. The highest BCUT2D eigenvalue weighted by Crippen LogP contribution is 2.39. The van der Waals surface area contributed by atoms with E-state index in [1.807, 2.05) is 43.3 Å². The van der Waals surface area contributed by atoms with E-state index in [9.17, 15) is 9.59 Å². The molecule has 2 amide bonds. The van der Waals surface area contributed by atoms with Gasteiger partial charge in [-0.25, -0.2) is 4.90 Å². The van der Waals surface area contributed by atoms with Gasteiger partial charge in [0.15, 0.2) is 23.0 Å². The normalized spacial score (nSPS) is 15.4. The quantitative estimate of drug-likeness (QED) is 0.242. The van der Waals surface area contributed by atoms with Crippen molar-refractivity contribution < 1.29 is 28.5 Å². The van der Waals surface area contributed by atoms with Crippen LogP contribution in [-0.4, -0.2) is 24.5 Å². The third-order valence-corrected chi connectivity index (χ3v) is 6.61. The van der Waals surface area contributed by atoms with Crippen LogP contribution in [0.5, 0.6) is 23.0 Å². The molecule has 0 aliphatic carbocycles. The van der Waals surface area contributed by atoms with E-state index in [0.29, 0.717) is 53.2 Å². The Bertz CT molecular complexity index is 1380. The number of ether oxygens (including phenoxy) is 4. The van der Waals surface area contributed by atoms with Crippen molar-refractivity contribution in [2.45, 2.75) is 20.0 Å². The maximum Gasteiger partial charge on any atom is 0.298 e. The molecule has 7 nitrogen and oxygen atoms in total. The third-order valence-electron chi connectivity index (χ3n) is 5.74. The van der Waals surface area contributed by atoms with Crippen LogP contribution in [0.2, 0.25) is 0 Å². The highest BCUT2D eigenvalue weighted by molar-refractivity contribution is 8.19. The maximum atomic E-state index is 13.1. The van der Waals surface area contributed by atoms with Crippen LogP contribution in [0.25, 0.3) is 6.08 Å². The number of carbonyl (C=O) groups is 2. The standard InChI is InChI=1S/C29H25NO6S/c1-3-8-21-13-20(16-26-28(31)30(29(32)37-26)22-9-6-5-7-10-22)15-25(33-4-2)27(21)34-17-19-11-12-23-24(14-19)36-18-35-23/h3,5-7,9-16H,1,4,8,17-18H2,2H3/b26-16-. The van der Waals surface area contributed by atoms with Crippen LogP contribution in [0.15, 0.2) is 78.2 Å². The first-order valence-corrected chi connectivity index (χ1v) is 12.6. The zero-order chi connectivity index (χ0) is 25.8. The minimum atomic E-state index is -0.354. The highest BCUT2D eigenvalue weighted by atomic mass is 32.2. The number of allylic oxidation sites excluding steroid dienone is 1. The number of carbonyl (C=O) groups excluding carboxylic acids is 2. The number of fused-ring (bicyclic) bond motifs is 1. The number of nitrogens with zero attached hydrogens (tertiary/aromatic N) is 1.